The lowest BCUT2D eigenvalue weighted by Crippen LogP contribution is -2.51. The molecule has 10 heteroatoms. The summed E-state index contributed by atoms with van der Waals surface area (Å²) in [7, 11) is 1.37. The first kappa shape index (κ1) is 17.3. The van der Waals surface area contributed by atoms with Crippen molar-refractivity contribution in [3.05, 3.63) is 33.4 Å². The maximum Gasteiger partial charge on any atom is 0.280 e. The molecule has 1 aromatic carbocycles. The fraction of sp³-hybridized carbons (Fsp3) is 0.214. The van der Waals surface area contributed by atoms with Gasteiger partial charge in [0.05, 0.1) is 30.3 Å². The van der Waals surface area contributed by atoms with E-state index < -0.39 is 16.7 Å². The second-order valence-corrected chi connectivity index (χ2v) is 4.96. The maximum atomic E-state index is 11.9. The average Bonchev–Trinajstić information content (AvgIpc) is 2.51. The first-order valence-corrected chi connectivity index (χ1v) is 7.15. The number of rotatable bonds is 5. The fourth-order valence-corrected chi connectivity index (χ4v) is 2.21. The van der Waals surface area contributed by atoms with Crippen LogP contribution in [0.15, 0.2) is 17.7 Å². The van der Waals surface area contributed by atoms with Crippen molar-refractivity contribution in [1.82, 2.24) is 10.6 Å². The summed E-state index contributed by atoms with van der Waals surface area (Å²) in [6.45, 7) is 2.01. The van der Waals surface area contributed by atoms with Gasteiger partial charge in [-0.2, -0.15) is 0 Å². The highest BCUT2D eigenvalue weighted by atomic mass is 32.1. The van der Waals surface area contributed by atoms with Crippen LogP contribution in [0, 0.1) is 10.1 Å². The molecule has 0 bridgehead atoms. The molecule has 1 aliphatic rings. The van der Waals surface area contributed by atoms with Gasteiger partial charge in [-0.05, 0) is 31.3 Å². The third-order valence-corrected chi connectivity index (χ3v) is 3.26. The quantitative estimate of drug-likeness (QED) is 0.266. The van der Waals surface area contributed by atoms with E-state index in [4.69, 9.17) is 21.7 Å². The number of thiocarbonyl (C=S) groups is 1. The summed E-state index contributed by atoms with van der Waals surface area (Å²) in [6.07, 6.45) is 1.10. The summed E-state index contributed by atoms with van der Waals surface area (Å²) in [6, 6.07) is 2.50. The zero-order valence-electron chi connectivity index (χ0n) is 12.7. The number of ether oxygens (including phenoxy) is 2. The number of nitro benzene ring substituents is 1. The molecule has 0 atom stereocenters. The van der Waals surface area contributed by atoms with Crippen molar-refractivity contribution in [3.8, 4) is 11.5 Å². The van der Waals surface area contributed by atoms with Crippen LogP contribution in [0.25, 0.3) is 6.08 Å². The van der Waals surface area contributed by atoms with Gasteiger partial charge in [-0.3, -0.25) is 30.3 Å². The van der Waals surface area contributed by atoms with E-state index in [0.717, 1.165) is 6.08 Å². The third-order valence-electron chi connectivity index (χ3n) is 3.05. The molecule has 1 aliphatic heterocycles. The van der Waals surface area contributed by atoms with Crippen LogP contribution in [0.1, 0.15) is 12.5 Å². The van der Waals surface area contributed by atoms with E-state index in [0.29, 0.717) is 0 Å². The predicted molar refractivity (Wildman–Crippen MR) is 87.7 cm³/mol. The monoisotopic (exact) mass is 351 g/mol. The van der Waals surface area contributed by atoms with E-state index in [2.05, 4.69) is 10.6 Å². The number of carbonyl (C=O) groups excluding carboxylic acids is 2. The highest BCUT2D eigenvalue weighted by Gasteiger charge is 2.28. The molecular weight excluding hydrogens is 338 g/mol. The summed E-state index contributed by atoms with van der Waals surface area (Å²) >= 11 is 4.69. The van der Waals surface area contributed by atoms with Gasteiger partial charge in [0.25, 0.3) is 17.5 Å². The summed E-state index contributed by atoms with van der Waals surface area (Å²) < 4.78 is 10.4. The molecule has 0 spiro atoms. The number of amides is 2. The number of nitro groups is 1. The molecule has 2 rings (SSSR count). The largest absolute Gasteiger partial charge is 0.493 e. The Kier molecular flexibility index (Phi) is 5.09. The SMILES string of the molecule is CCOc1cc([N+](=O)[O-])c(C=C2C(=O)NC(=S)NC2=O)cc1OC. The summed E-state index contributed by atoms with van der Waals surface area (Å²) in [5.74, 6) is -1.06. The second-order valence-electron chi connectivity index (χ2n) is 4.55. The molecule has 0 radical (unpaired) electrons. The van der Waals surface area contributed by atoms with E-state index in [-0.39, 0.29) is 40.0 Å². The Hall–Kier alpha value is -3.01. The van der Waals surface area contributed by atoms with Crippen LogP contribution in [-0.4, -0.2) is 35.6 Å². The highest BCUT2D eigenvalue weighted by Crippen LogP contribution is 2.36. The van der Waals surface area contributed by atoms with Crippen molar-refractivity contribution in [3.63, 3.8) is 0 Å². The summed E-state index contributed by atoms with van der Waals surface area (Å²) in [4.78, 5) is 34.4. The first-order chi connectivity index (χ1) is 11.4. The standard InChI is InChI=1S/C14H13N3O6S/c1-3-23-11-6-9(17(20)21)7(5-10(11)22-2)4-8-12(18)15-14(24)16-13(8)19/h4-6H,3H2,1-2H3,(H2,15,16,18,19,24). The van der Waals surface area contributed by atoms with Crippen molar-refractivity contribution < 1.29 is 24.0 Å². The van der Waals surface area contributed by atoms with Crippen molar-refractivity contribution in [2.24, 2.45) is 0 Å². The number of nitrogens with zero attached hydrogens (tertiary/aromatic N) is 1. The summed E-state index contributed by atoms with van der Waals surface area (Å²) in [5, 5.41) is 15.7. The van der Waals surface area contributed by atoms with Gasteiger partial charge in [0.1, 0.15) is 5.57 Å². The number of carbonyl (C=O) groups is 2. The van der Waals surface area contributed by atoms with Crippen molar-refractivity contribution in [1.29, 1.82) is 0 Å². The number of benzene rings is 1. The Labute approximate surface area is 141 Å². The smallest absolute Gasteiger partial charge is 0.280 e. The lowest BCUT2D eigenvalue weighted by Gasteiger charge is -2.16. The zero-order valence-corrected chi connectivity index (χ0v) is 13.6. The number of nitrogens with one attached hydrogen (secondary N) is 2. The molecule has 1 fully saturated rings. The molecule has 0 aliphatic carbocycles. The Morgan fingerprint density at radius 3 is 2.38 bits per heavy atom. The predicted octanol–water partition coefficient (Wildman–Crippen LogP) is 0.916. The Morgan fingerprint density at radius 1 is 1.25 bits per heavy atom. The van der Waals surface area contributed by atoms with Gasteiger partial charge in [-0.1, -0.05) is 0 Å². The minimum Gasteiger partial charge on any atom is -0.493 e. The molecule has 1 aromatic rings. The average molecular weight is 351 g/mol. The minimum absolute atomic E-state index is 0.0217. The van der Waals surface area contributed by atoms with Gasteiger partial charge in [0, 0.05) is 0 Å². The van der Waals surface area contributed by atoms with Gasteiger partial charge in [0.2, 0.25) is 0 Å². The molecule has 1 heterocycles. The first-order valence-electron chi connectivity index (χ1n) is 6.75. The lowest BCUT2D eigenvalue weighted by atomic mass is 10.1. The molecule has 2 N–H and O–H groups in total. The van der Waals surface area contributed by atoms with Crippen molar-refractivity contribution >= 4 is 40.9 Å². The molecule has 9 nitrogen and oxygen atoms in total. The van der Waals surface area contributed by atoms with Crippen LogP contribution in [-0.2, 0) is 9.59 Å². The molecule has 0 saturated carbocycles. The highest BCUT2D eigenvalue weighted by molar-refractivity contribution is 7.80. The topological polar surface area (TPSA) is 120 Å². The second kappa shape index (κ2) is 7.04. The van der Waals surface area contributed by atoms with E-state index in [1.807, 2.05) is 0 Å². The Bertz CT molecular complexity index is 752. The van der Waals surface area contributed by atoms with E-state index >= 15 is 0 Å². The van der Waals surface area contributed by atoms with E-state index in [1.165, 1.54) is 19.2 Å². The van der Waals surface area contributed by atoms with Crippen molar-refractivity contribution in [2.45, 2.75) is 6.92 Å². The van der Waals surface area contributed by atoms with Gasteiger partial charge in [-0.25, -0.2) is 0 Å². The number of methoxy groups -OCH3 is 1. The fourth-order valence-electron chi connectivity index (χ4n) is 2.03. The van der Waals surface area contributed by atoms with E-state index in [1.54, 1.807) is 6.92 Å². The molecule has 24 heavy (non-hydrogen) atoms. The van der Waals surface area contributed by atoms with Crippen molar-refractivity contribution in [2.75, 3.05) is 13.7 Å². The van der Waals surface area contributed by atoms with E-state index in [9.17, 15) is 19.7 Å². The van der Waals surface area contributed by atoms with Gasteiger partial charge in [-0.15, -0.1) is 0 Å². The zero-order chi connectivity index (χ0) is 17.9. The van der Waals surface area contributed by atoms with Crippen LogP contribution in [0.4, 0.5) is 5.69 Å². The lowest BCUT2D eigenvalue weighted by molar-refractivity contribution is -0.385. The minimum atomic E-state index is -0.745. The van der Waals surface area contributed by atoms with Gasteiger partial charge in [0.15, 0.2) is 16.6 Å². The molecular formula is C14H13N3O6S. The summed E-state index contributed by atoms with van der Waals surface area (Å²) in [5.41, 5.74) is -0.619. The maximum absolute atomic E-state index is 11.9. The van der Waals surface area contributed by atoms with Crippen LogP contribution >= 0.6 is 12.2 Å². The molecule has 1 saturated heterocycles. The number of hydrogen-bond donors (Lipinski definition) is 2. The molecule has 126 valence electrons. The number of hydrogen-bond acceptors (Lipinski definition) is 7. The van der Waals surface area contributed by atoms with Crippen LogP contribution in [0.3, 0.4) is 0 Å². The molecule has 2 amide bonds. The normalized spacial score (nSPS) is 13.9. The molecule has 0 aromatic heterocycles. The Balaban J connectivity index is 2.58. The van der Waals surface area contributed by atoms with Crippen LogP contribution in [0.5, 0.6) is 11.5 Å². The van der Waals surface area contributed by atoms with Crippen LogP contribution < -0.4 is 20.1 Å². The Morgan fingerprint density at radius 2 is 1.88 bits per heavy atom. The van der Waals surface area contributed by atoms with Crippen LogP contribution in [0.2, 0.25) is 0 Å². The molecule has 0 unspecified atom stereocenters. The van der Waals surface area contributed by atoms with Gasteiger partial charge >= 0.3 is 0 Å². The third kappa shape index (κ3) is 3.49. The van der Waals surface area contributed by atoms with Gasteiger partial charge < -0.3 is 9.47 Å².